The largest absolute Gasteiger partial charge is 0.368 e. The minimum Gasteiger partial charge on any atom is -0.368 e. The first-order valence-corrected chi connectivity index (χ1v) is 8.61. The summed E-state index contributed by atoms with van der Waals surface area (Å²) in [7, 11) is 0. The first-order chi connectivity index (χ1) is 11.5. The number of nitrogens with one attached hydrogen (secondary N) is 1. The van der Waals surface area contributed by atoms with Crippen LogP contribution in [0.4, 0.5) is 16.2 Å². The van der Waals surface area contributed by atoms with E-state index >= 15 is 0 Å². The number of rotatable bonds is 2. The third kappa shape index (κ3) is 3.94. The maximum atomic E-state index is 12.4. The van der Waals surface area contributed by atoms with Gasteiger partial charge in [0.05, 0.1) is 10.0 Å². The highest BCUT2D eigenvalue weighted by atomic mass is 35.5. The molecule has 126 valence electrons. The van der Waals surface area contributed by atoms with Crippen LogP contribution in [-0.2, 0) is 0 Å². The van der Waals surface area contributed by atoms with Gasteiger partial charge < -0.3 is 15.1 Å². The minimum atomic E-state index is -0.114. The molecule has 24 heavy (non-hydrogen) atoms. The van der Waals surface area contributed by atoms with Crippen LogP contribution in [0.5, 0.6) is 0 Å². The Labute approximate surface area is 152 Å². The molecule has 0 spiro atoms. The Hall–Kier alpha value is -1.91. The molecule has 0 aromatic heterocycles. The first kappa shape index (κ1) is 16.9. The van der Waals surface area contributed by atoms with E-state index in [0.717, 1.165) is 13.1 Å². The predicted octanol–water partition coefficient (Wildman–Crippen LogP) is 4.66. The second kappa shape index (κ2) is 7.32. The third-order valence-electron chi connectivity index (χ3n) is 4.10. The second-order valence-corrected chi connectivity index (χ2v) is 6.69. The van der Waals surface area contributed by atoms with Crippen LogP contribution in [0.25, 0.3) is 0 Å². The summed E-state index contributed by atoms with van der Waals surface area (Å²) >= 11 is 11.9. The number of nitrogens with zero attached hydrogens (tertiary/aromatic N) is 2. The summed E-state index contributed by atoms with van der Waals surface area (Å²) in [5.74, 6) is 0. The number of carbonyl (C=O) groups is 1. The van der Waals surface area contributed by atoms with Crippen molar-refractivity contribution in [3.05, 3.63) is 58.1 Å². The molecule has 0 unspecified atom stereocenters. The highest BCUT2D eigenvalue weighted by Gasteiger charge is 2.21. The van der Waals surface area contributed by atoms with Gasteiger partial charge in [-0.25, -0.2) is 4.79 Å². The van der Waals surface area contributed by atoms with Crippen molar-refractivity contribution >= 4 is 40.6 Å². The Morgan fingerprint density at radius 1 is 1.00 bits per heavy atom. The van der Waals surface area contributed by atoms with Crippen LogP contribution in [-0.4, -0.2) is 37.1 Å². The predicted molar refractivity (Wildman–Crippen MR) is 100 cm³/mol. The number of amides is 2. The zero-order valence-electron chi connectivity index (χ0n) is 13.4. The van der Waals surface area contributed by atoms with Crippen molar-refractivity contribution in [2.24, 2.45) is 0 Å². The Morgan fingerprint density at radius 3 is 2.42 bits per heavy atom. The molecule has 1 saturated heterocycles. The standard InChI is InChI=1S/C18H19Cl2N3O/c1-13-3-2-4-15(11-13)22-7-9-23(10-8-22)18(24)21-14-5-6-16(19)17(20)12-14/h2-6,11-12H,7-10H2,1H3,(H,21,24). The van der Waals surface area contributed by atoms with E-state index in [1.165, 1.54) is 11.3 Å². The second-order valence-electron chi connectivity index (χ2n) is 5.87. The lowest BCUT2D eigenvalue weighted by atomic mass is 10.2. The molecule has 3 rings (SSSR count). The number of halogens is 2. The van der Waals surface area contributed by atoms with E-state index in [4.69, 9.17) is 23.2 Å². The highest BCUT2D eigenvalue weighted by molar-refractivity contribution is 6.42. The molecule has 0 bridgehead atoms. The number of anilines is 2. The molecule has 0 saturated carbocycles. The summed E-state index contributed by atoms with van der Waals surface area (Å²) in [6.45, 7) is 5.09. The molecule has 4 nitrogen and oxygen atoms in total. The average Bonchev–Trinajstić information content (AvgIpc) is 2.58. The lowest BCUT2D eigenvalue weighted by Crippen LogP contribution is -2.50. The Kier molecular flexibility index (Phi) is 5.17. The van der Waals surface area contributed by atoms with Gasteiger partial charge in [-0.3, -0.25) is 0 Å². The summed E-state index contributed by atoms with van der Waals surface area (Å²) in [5.41, 5.74) is 3.10. The zero-order valence-corrected chi connectivity index (χ0v) is 14.9. The van der Waals surface area contributed by atoms with E-state index < -0.39 is 0 Å². The van der Waals surface area contributed by atoms with Gasteiger partial charge in [-0.05, 0) is 42.8 Å². The average molecular weight is 364 g/mol. The van der Waals surface area contributed by atoms with Crippen molar-refractivity contribution < 1.29 is 4.79 Å². The number of hydrogen-bond acceptors (Lipinski definition) is 2. The van der Waals surface area contributed by atoms with Crippen molar-refractivity contribution in [2.45, 2.75) is 6.92 Å². The zero-order chi connectivity index (χ0) is 17.1. The lowest BCUT2D eigenvalue weighted by molar-refractivity contribution is 0.208. The van der Waals surface area contributed by atoms with E-state index in [1.807, 2.05) is 4.90 Å². The first-order valence-electron chi connectivity index (χ1n) is 7.85. The lowest BCUT2D eigenvalue weighted by Gasteiger charge is -2.36. The molecule has 0 radical (unpaired) electrons. The van der Waals surface area contributed by atoms with Gasteiger partial charge in [-0.1, -0.05) is 35.3 Å². The molecular formula is C18H19Cl2N3O. The van der Waals surface area contributed by atoms with Crippen LogP contribution in [0, 0.1) is 6.92 Å². The molecule has 2 aromatic rings. The molecule has 1 N–H and O–H groups in total. The topological polar surface area (TPSA) is 35.6 Å². The van der Waals surface area contributed by atoms with Crippen molar-refractivity contribution in [1.29, 1.82) is 0 Å². The van der Waals surface area contributed by atoms with Gasteiger partial charge in [-0.2, -0.15) is 0 Å². The van der Waals surface area contributed by atoms with Crippen LogP contribution in [0.2, 0.25) is 10.0 Å². The smallest absolute Gasteiger partial charge is 0.321 e. The summed E-state index contributed by atoms with van der Waals surface area (Å²) in [5, 5.41) is 3.77. The number of aryl methyl sites for hydroxylation is 1. The molecular weight excluding hydrogens is 345 g/mol. The minimum absolute atomic E-state index is 0.114. The van der Waals surface area contributed by atoms with E-state index in [-0.39, 0.29) is 6.03 Å². The molecule has 1 fully saturated rings. The van der Waals surface area contributed by atoms with Crippen molar-refractivity contribution in [3.8, 4) is 0 Å². The molecule has 6 heteroatoms. The van der Waals surface area contributed by atoms with Crippen LogP contribution >= 0.6 is 23.2 Å². The van der Waals surface area contributed by atoms with E-state index in [9.17, 15) is 4.79 Å². The Balaban J connectivity index is 1.58. The fourth-order valence-corrected chi connectivity index (χ4v) is 3.07. The maximum Gasteiger partial charge on any atom is 0.321 e. The van der Waals surface area contributed by atoms with Gasteiger partial charge >= 0.3 is 6.03 Å². The van der Waals surface area contributed by atoms with Crippen LogP contribution in [0.1, 0.15) is 5.56 Å². The number of hydrogen-bond donors (Lipinski definition) is 1. The Morgan fingerprint density at radius 2 is 1.75 bits per heavy atom. The number of carbonyl (C=O) groups excluding carboxylic acids is 1. The Bertz CT molecular complexity index is 743. The maximum absolute atomic E-state index is 12.4. The van der Waals surface area contributed by atoms with Crippen LogP contribution < -0.4 is 10.2 Å². The van der Waals surface area contributed by atoms with Gasteiger partial charge in [0.15, 0.2) is 0 Å². The SMILES string of the molecule is Cc1cccc(N2CCN(C(=O)Nc3ccc(Cl)c(Cl)c3)CC2)c1. The monoisotopic (exact) mass is 363 g/mol. The summed E-state index contributed by atoms with van der Waals surface area (Å²) < 4.78 is 0. The fourth-order valence-electron chi connectivity index (χ4n) is 2.77. The number of urea groups is 1. The quantitative estimate of drug-likeness (QED) is 0.842. The normalized spacial score (nSPS) is 14.6. The summed E-state index contributed by atoms with van der Waals surface area (Å²) in [6.07, 6.45) is 0. The van der Waals surface area contributed by atoms with Gasteiger partial charge in [0.2, 0.25) is 0 Å². The van der Waals surface area contributed by atoms with Crippen molar-refractivity contribution in [2.75, 3.05) is 36.4 Å². The fraction of sp³-hybridized carbons (Fsp3) is 0.278. The van der Waals surface area contributed by atoms with Crippen LogP contribution in [0.3, 0.4) is 0 Å². The van der Waals surface area contributed by atoms with E-state index in [1.54, 1.807) is 18.2 Å². The molecule has 0 aliphatic carbocycles. The van der Waals surface area contributed by atoms with Gasteiger partial charge in [0, 0.05) is 37.6 Å². The van der Waals surface area contributed by atoms with E-state index in [0.29, 0.717) is 28.8 Å². The molecule has 2 amide bonds. The third-order valence-corrected chi connectivity index (χ3v) is 4.84. The molecule has 1 aliphatic rings. The molecule has 0 atom stereocenters. The van der Waals surface area contributed by atoms with Crippen molar-refractivity contribution in [3.63, 3.8) is 0 Å². The van der Waals surface area contributed by atoms with E-state index in [2.05, 4.69) is 41.4 Å². The number of piperazine rings is 1. The summed E-state index contributed by atoms with van der Waals surface area (Å²) in [4.78, 5) is 16.5. The molecule has 1 heterocycles. The van der Waals surface area contributed by atoms with Gasteiger partial charge in [-0.15, -0.1) is 0 Å². The molecule has 1 aliphatic heterocycles. The highest BCUT2D eigenvalue weighted by Crippen LogP contribution is 2.25. The molecule has 2 aromatic carbocycles. The summed E-state index contributed by atoms with van der Waals surface area (Å²) in [6, 6.07) is 13.4. The van der Waals surface area contributed by atoms with Crippen LogP contribution in [0.15, 0.2) is 42.5 Å². The van der Waals surface area contributed by atoms with Gasteiger partial charge in [0.25, 0.3) is 0 Å². The van der Waals surface area contributed by atoms with Crippen molar-refractivity contribution in [1.82, 2.24) is 4.90 Å². The van der Waals surface area contributed by atoms with Gasteiger partial charge in [0.1, 0.15) is 0 Å². The number of benzene rings is 2.